The Kier molecular flexibility index (Phi) is 4.30. The lowest BCUT2D eigenvalue weighted by molar-refractivity contribution is 0.0302. The molecule has 3 nitrogen and oxygen atoms in total. The average Bonchev–Trinajstić information content (AvgIpc) is 2.74. The van der Waals surface area contributed by atoms with Crippen LogP contribution in [0.5, 0.6) is 0 Å². The van der Waals surface area contributed by atoms with Crippen molar-refractivity contribution in [3.8, 4) is 0 Å². The number of carbonyl (C=O) groups excluding carboxylic acids is 2. The maximum Gasteiger partial charge on any atom is 0.199 e. The number of fused-ring (bicyclic) bond motifs is 1. The van der Waals surface area contributed by atoms with E-state index in [1.54, 1.807) is 66.7 Å². The zero-order valence-corrected chi connectivity index (χ0v) is 14.6. The number of Topliss-reactive ketones (excluding diaryl/α,β-unsaturated/α-hetero) is 1. The monoisotopic (exact) mass is 354 g/mol. The normalized spacial score (nSPS) is 18.0. The van der Waals surface area contributed by atoms with E-state index in [-0.39, 0.29) is 12.2 Å². The Morgan fingerprint density at radius 2 is 1.41 bits per heavy atom. The number of carbonyl (C=O) groups is 2. The summed E-state index contributed by atoms with van der Waals surface area (Å²) in [7, 11) is 0. The molecule has 3 aromatic carbocycles. The third-order valence-corrected chi connectivity index (χ3v) is 4.91. The van der Waals surface area contributed by atoms with Gasteiger partial charge in [-0.2, -0.15) is 0 Å². The quantitative estimate of drug-likeness (QED) is 0.706. The lowest BCUT2D eigenvalue weighted by Gasteiger charge is -2.32. The van der Waals surface area contributed by atoms with Gasteiger partial charge >= 0.3 is 0 Å². The molecule has 4 rings (SSSR count). The maximum atomic E-state index is 13.2. The van der Waals surface area contributed by atoms with E-state index in [2.05, 4.69) is 0 Å². The molecular formula is C24H18O3. The smallest absolute Gasteiger partial charge is 0.199 e. The highest BCUT2D eigenvalue weighted by Crippen LogP contribution is 2.39. The van der Waals surface area contributed by atoms with Crippen molar-refractivity contribution < 1.29 is 14.7 Å². The van der Waals surface area contributed by atoms with Gasteiger partial charge in [-0.15, -0.1) is 0 Å². The zero-order chi connectivity index (χ0) is 18.9. The summed E-state index contributed by atoms with van der Waals surface area (Å²) in [6, 6.07) is 22.9. The average molecular weight is 354 g/mol. The molecule has 3 aromatic rings. The molecule has 0 fully saturated rings. The molecule has 132 valence electrons. The van der Waals surface area contributed by atoms with Crippen molar-refractivity contribution in [2.45, 2.75) is 12.0 Å². The molecular weight excluding hydrogens is 336 g/mol. The molecule has 27 heavy (non-hydrogen) atoms. The summed E-state index contributed by atoms with van der Waals surface area (Å²) in [5, 5.41) is 11.5. The zero-order valence-electron chi connectivity index (χ0n) is 14.6. The number of aliphatic hydroxyl groups is 1. The molecule has 0 heterocycles. The van der Waals surface area contributed by atoms with E-state index in [0.29, 0.717) is 27.8 Å². The van der Waals surface area contributed by atoms with Crippen LogP contribution in [0.2, 0.25) is 0 Å². The minimum Gasteiger partial charge on any atom is -0.377 e. The lowest BCUT2D eigenvalue weighted by Crippen LogP contribution is -2.39. The molecule has 3 heteroatoms. The Bertz CT molecular complexity index is 1040. The first-order valence-electron chi connectivity index (χ1n) is 8.83. The van der Waals surface area contributed by atoms with Crippen molar-refractivity contribution >= 4 is 17.6 Å². The fourth-order valence-corrected chi connectivity index (χ4v) is 3.60. The van der Waals surface area contributed by atoms with Gasteiger partial charge in [-0.05, 0) is 5.56 Å². The molecule has 0 aromatic heterocycles. The minimum atomic E-state index is -1.77. The predicted molar refractivity (Wildman–Crippen MR) is 105 cm³/mol. The van der Waals surface area contributed by atoms with E-state index >= 15 is 0 Å². The largest absolute Gasteiger partial charge is 0.377 e. The Labute approximate surface area is 157 Å². The number of hydrogen-bond donors (Lipinski definition) is 1. The van der Waals surface area contributed by atoms with Crippen LogP contribution in [-0.2, 0) is 5.60 Å². The van der Waals surface area contributed by atoms with Crippen LogP contribution in [0, 0.1) is 0 Å². The second-order valence-electron chi connectivity index (χ2n) is 6.63. The number of benzene rings is 3. The first-order valence-corrected chi connectivity index (χ1v) is 8.83. The lowest BCUT2D eigenvalue weighted by atomic mass is 9.74. The van der Waals surface area contributed by atoms with Gasteiger partial charge in [0.25, 0.3) is 0 Å². The first-order chi connectivity index (χ1) is 13.1. The highest BCUT2D eigenvalue weighted by atomic mass is 16.3. The van der Waals surface area contributed by atoms with Gasteiger partial charge in [0.05, 0.1) is 0 Å². The number of ketones is 2. The maximum absolute atomic E-state index is 13.2. The van der Waals surface area contributed by atoms with Gasteiger partial charge in [0, 0.05) is 28.7 Å². The highest BCUT2D eigenvalue weighted by molar-refractivity contribution is 6.13. The van der Waals surface area contributed by atoms with Crippen molar-refractivity contribution in [3.63, 3.8) is 0 Å². The van der Waals surface area contributed by atoms with Crippen molar-refractivity contribution in [2.24, 2.45) is 0 Å². The van der Waals surface area contributed by atoms with Gasteiger partial charge in [0.1, 0.15) is 0 Å². The molecule has 0 saturated heterocycles. The van der Waals surface area contributed by atoms with Crippen LogP contribution in [0.4, 0.5) is 0 Å². The molecule has 0 aliphatic heterocycles. The first kappa shape index (κ1) is 17.1. The Balaban J connectivity index is 1.88. The fourth-order valence-electron chi connectivity index (χ4n) is 3.60. The number of rotatable bonds is 4. The SMILES string of the molecule is O=C(c1ccccc1)c1cccc2c1C(O)(C(=O)c1ccccc1)CC=C2. The summed E-state index contributed by atoms with van der Waals surface area (Å²) in [6.07, 6.45) is 3.76. The topological polar surface area (TPSA) is 54.4 Å². The molecule has 1 aliphatic rings. The Morgan fingerprint density at radius 1 is 0.778 bits per heavy atom. The standard InChI is InChI=1S/C24H18O3/c25-22(18-9-3-1-4-10-18)20-15-7-13-17-14-8-16-24(27,21(17)20)23(26)19-11-5-2-6-12-19/h1-15,27H,16H2. The van der Waals surface area contributed by atoms with E-state index in [0.717, 1.165) is 0 Å². The molecule has 1 atom stereocenters. The van der Waals surface area contributed by atoms with Gasteiger partial charge in [0.2, 0.25) is 0 Å². The third kappa shape index (κ3) is 2.92. The van der Waals surface area contributed by atoms with Crippen LogP contribution in [0.1, 0.15) is 43.8 Å². The summed E-state index contributed by atoms with van der Waals surface area (Å²) in [4.78, 5) is 26.3. The van der Waals surface area contributed by atoms with Crippen LogP contribution in [0.15, 0.2) is 84.9 Å². The molecule has 0 bridgehead atoms. The van der Waals surface area contributed by atoms with Crippen LogP contribution >= 0.6 is 0 Å². The molecule has 1 unspecified atom stereocenters. The van der Waals surface area contributed by atoms with Crippen LogP contribution in [0.3, 0.4) is 0 Å². The van der Waals surface area contributed by atoms with Crippen molar-refractivity contribution in [1.82, 2.24) is 0 Å². The molecule has 1 aliphatic carbocycles. The molecule has 0 saturated carbocycles. The summed E-state index contributed by atoms with van der Waals surface area (Å²) in [6.45, 7) is 0. The van der Waals surface area contributed by atoms with Crippen molar-refractivity contribution in [1.29, 1.82) is 0 Å². The summed E-state index contributed by atoms with van der Waals surface area (Å²) in [5.41, 5.74) is 0.602. The third-order valence-electron chi connectivity index (χ3n) is 4.91. The van der Waals surface area contributed by atoms with Crippen LogP contribution in [-0.4, -0.2) is 16.7 Å². The van der Waals surface area contributed by atoms with Gasteiger partial charge < -0.3 is 5.11 Å². The van der Waals surface area contributed by atoms with E-state index in [4.69, 9.17) is 0 Å². The fraction of sp³-hybridized carbons (Fsp3) is 0.0833. The highest BCUT2D eigenvalue weighted by Gasteiger charge is 2.43. The number of hydrogen-bond acceptors (Lipinski definition) is 3. The Morgan fingerprint density at radius 3 is 2.07 bits per heavy atom. The van der Waals surface area contributed by atoms with Gasteiger partial charge in [0.15, 0.2) is 17.2 Å². The molecule has 1 N–H and O–H groups in total. The molecule has 0 amide bonds. The molecule has 0 radical (unpaired) electrons. The van der Waals surface area contributed by atoms with Crippen LogP contribution < -0.4 is 0 Å². The second kappa shape index (κ2) is 6.78. The summed E-state index contributed by atoms with van der Waals surface area (Å²) < 4.78 is 0. The minimum absolute atomic E-state index is 0.132. The van der Waals surface area contributed by atoms with Gasteiger partial charge in [-0.25, -0.2) is 0 Å². The van der Waals surface area contributed by atoms with Gasteiger partial charge in [-0.3, -0.25) is 9.59 Å². The summed E-state index contributed by atoms with van der Waals surface area (Å²) >= 11 is 0. The second-order valence-corrected chi connectivity index (χ2v) is 6.63. The van der Waals surface area contributed by atoms with Gasteiger partial charge in [-0.1, -0.05) is 91.0 Å². The van der Waals surface area contributed by atoms with E-state index < -0.39 is 11.4 Å². The van der Waals surface area contributed by atoms with Crippen LogP contribution in [0.25, 0.3) is 6.08 Å². The summed E-state index contributed by atoms with van der Waals surface area (Å²) in [5.74, 6) is -0.607. The molecule has 0 spiro atoms. The van der Waals surface area contributed by atoms with Crippen molar-refractivity contribution in [2.75, 3.05) is 0 Å². The van der Waals surface area contributed by atoms with E-state index in [1.807, 2.05) is 24.3 Å². The Hall–Kier alpha value is -3.30. The van der Waals surface area contributed by atoms with E-state index in [1.165, 1.54) is 0 Å². The van der Waals surface area contributed by atoms with Crippen molar-refractivity contribution in [3.05, 3.63) is 113 Å². The predicted octanol–water partition coefficient (Wildman–Crippen LogP) is 4.41. The van der Waals surface area contributed by atoms with E-state index in [9.17, 15) is 14.7 Å².